The second-order valence-electron chi connectivity index (χ2n) is 5.64. The largest absolute Gasteiger partial charge is 0.456 e. The molecule has 2 aromatic heterocycles. The molecule has 1 amide bonds. The first kappa shape index (κ1) is 17.8. The molecule has 0 bridgehead atoms. The third-order valence-electron chi connectivity index (χ3n) is 3.59. The van der Waals surface area contributed by atoms with Gasteiger partial charge in [-0.25, -0.2) is 9.78 Å². The van der Waals surface area contributed by atoms with Crippen LogP contribution in [0, 0.1) is 6.92 Å². The van der Waals surface area contributed by atoms with Crippen LogP contribution in [0.1, 0.15) is 34.3 Å². The molecule has 0 aliphatic rings. The van der Waals surface area contributed by atoms with E-state index in [9.17, 15) is 14.4 Å². The van der Waals surface area contributed by atoms with Gasteiger partial charge in [0.15, 0.2) is 4.96 Å². The maximum absolute atomic E-state index is 12.2. The lowest BCUT2D eigenvalue weighted by atomic mass is 10.2. The molecule has 26 heavy (non-hydrogen) atoms. The van der Waals surface area contributed by atoms with Gasteiger partial charge in [0.1, 0.15) is 6.61 Å². The van der Waals surface area contributed by atoms with E-state index in [1.807, 2.05) is 6.92 Å². The second kappa shape index (κ2) is 7.49. The van der Waals surface area contributed by atoms with Crippen molar-refractivity contribution in [3.8, 4) is 0 Å². The van der Waals surface area contributed by atoms with Gasteiger partial charge in [-0.3, -0.25) is 14.0 Å². The summed E-state index contributed by atoms with van der Waals surface area (Å²) in [6.07, 6.45) is 2.07. The van der Waals surface area contributed by atoms with E-state index in [4.69, 9.17) is 4.74 Å². The van der Waals surface area contributed by atoms with Crippen LogP contribution in [0.15, 0.2) is 41.3 Å². The number of aryl methyl sites for hydroxylation is 1. The molecule has 3 rings (SSSR count). The van der Waals surface area contributed by atoms with Crippen LogP contribution >= 0.6 is 11.3 Å². The van der Waals surface area contributed by atoms with Gasteiger partial charge in [-0.2, -0.15) is 0 Å². The average Bonchev–Trinajstić information content (AvgIpc) is 3.00. The maximum atomic E-state index is 12.2. The Morgan fingerprint density at radius 1 is 1.31 bits per heavy atom. The van der Waals surface area contributed by atoms with Crippen molar-refractivity contribution in [2.75, 3.05) is 5.32 Å². The molecule has 8 heteroatoms. The molecule has 1 aromatic carbocycles. The highest BCUT2D eigenvalue weighted by Gasteiger charge is 2.11. The minimum absolute atomic E-state index is 0.104. The number of hydrogen-bond donors (Lipinski definition) is 1. The van der Waals surface area contributed by atoms with Gasteiger partial charge in [0.25, 0.3) is 5.56 Å². The van der Waals surface area contributed by atoms with E-state index in [2.05, 4.69) is 10.3 Å². The summed E-state index contributed by atoms with van der Waals surface area (Å²) in [6.45, 7) is 3.53. The van der Waals surface area contributed by atoms with Gasteiger partial charge in [0, 0.05) is 29.2 Å². The van der Waals surface area contributed by atoms with E-state index in [0.717, 1.165) is 4.88 Å². The quantitative estimate of drug-likeness (QED) is 0.697. The highest BCUT2D eigenvalue weighted by atomic mass is 32.1. The molecule has 0 atom stereocenters. The minimum Gasteiger partial charge on any atom is -0.456 e. The molecule has 0 fully saturated rings. The van der Waals surface area contributed by atoms with Crippen molar-refractivity contribution >= 4 is 33.9 Å². The van der Waals surface area contributed by atoms with Gasteiger partial charge < -0.3 is 10.1 Å². The Kier molecular flexibility index (Phi) is 5.13. The lowest BCUT2D eigenvalue weighted by Gasteiger charge is -2.07. The zero-order valence-corrected chi connectivity index (χ0v) is 15.1. The van der Waals surface area contributed by atoms with Crippen LogP contribution in [0.2, 0.25) is 0 Å². The fourth-order valence-electron chi connectivity index (χ4n) is 2.33. The zero-order chi connectivity index (χ0) is 18.7. The highest BCUT2D eigenvalue weighted by Crippen LogP contribution is 2.15. The fraction of sp³-hybridized carbons (Fsp3) is 0.222. The molecular formula is C18H17N3O4S. The van der Waals surface area contributed by atoms with Crippen LogP contribution in [-0.2, 0) is 16.1 Å². The molecule has 0 radical (unpaired) electrons. The SMILES string of the molecule is CCC(=O)Nc1cccc(C(=O)OCc2cc(=O)n3cc(C)sc3n2)c1. The van der Waals surface area contributed by atoms with E-state index in [1.54, 1.807) is 37.4 Å². The summed E-state index contributed by atoms with van der Waals surface area (Å²) in [7, 11) is 0. The van der Waals surface area contributed by atoms with Crippen molar-refractivity contribution in [2.45, 2.75) is 26.9 Å². The minimum atomic E-state index is -0.554. The highest BCUT2D eigenvalue weighted by molar-refractivity contribution is 7.16. The lowest BCUT2D eigenvalue weighted by Crippen LogP contribution is -2.15. The van der Waals surface area contributed by atoms with Crippen molar-refractivity contribution in [3.05, 3.63) is 63.0 Å². The number of nitrogens with one attached hydrogen (secondary N) is 1. The first-order chi connectivity index (χ1) is 12.5. The Hall–Kier alpha value is -3.00. The summed E-state index contributed by atoms with van der Waals surface area (Å²) in [5.41, 5.74) is 1.01. The lowest BCUT2D eigenvalue weighted by molar-refractivity contribution is -0.115. The summed E-state index contributed by atoms with van der Waals surface area (Å²) in [5, 5.41) is 2.69. The Labute approximate surface area is 153 Å². The predicted molar refractivity (Wildman–Crippen MR) is 98.6 cm³/mol. The Bertz CT molecular complexity index is 1040. The van der Waals surface area contributed by atoms with E-state index in [-0.39, 0.29) is 18.1 Å². The van der Waals surface area contributed by atoms with Gasteiger partial charge in [0.2, 0.25) is 5.91 Å². The monoisotopic (exact) mass is 371 g/mol. The number of thiazole rings is 1. The Balaban J connectivity index is 1.72. The molecule has 3 aromatic rings. The summed E-state index contributed by atoms with van der Waals surface area (Å²) < 4.78 is 6.72. The van der Waals surface area contributed by atoms with Crippen LogP contribution in [0.5, 0.6) is 0 Å². The van der Waals surface area contributed by atoms with Crippen LogP contribution in [0.3, 0.4) is 0 Å². The number of carbonyl (C=O) groups is 2. The zero-order valence-electron chi connectivity index (χ0n) is 14.3. The number of aromatic nitrogens is 2. The van der Waals surface area contributed by atoms with Crippen molar-refractivity contribution in [1.29, 1.82) is 0 Å². The standard InChI is InChI=1S/C18H17N3O4S/c1-3-15(22)19-13-6-4-5-12(7-13)17(24)25-10-14-8-16(23)21-9-11(2)26-18(21)20-14/h4-9H,3,10H2,1-2H3,(H,19,22). The fourth-order valence-corrected chi connectivity index (χ4v) is 3.18. The number of nitrogens with zero attached hydrogens (tertiary/aromatic N) is 2. The number of fused-ring (bicyclic) bond motifs is 1. The van der Waals surface area contributed by atoms with Crippen LogP contribution < -0.4 is 10.9 Å². The molecule has 0 aliphatic carbocycles. The van der Waals surface area contributed by atoms with Crippen LogP contribution in [-0.4, -0.2) is 21.3 Å². The first-order valence-electron chi connectivity index (χ1n) is 8.02. The van der Waals surface area contributed by atoms with Crippen molar-refractivity contribution < 1.29 is 14.3 Å². The van der Waals surface area contributed by atoms with Crippen molar-refractivity contribution in [1.82, 2.24) is 9.38 Å². The summed E-state index contributed by atoms with van der Waals surface area (Å²) in [6, 6.07) is 7.85. The predicted octanol–water partition coefficient (Wildman–Crippen LogP) is 2.77. The molecule has 0 aliphatic heterocycles. The molecule has 0 saturated heterocycles. The van der Waals surface area contributed by atoms with E-state index in [1.165, 1.54) is 21.8 Å². The number of rotatable bonds is 5. The van der Waals surface area contributed by atoms with E-state index >= 15 is 0 Å². The van der Waals surface area contributed by atoms with Gasteiger partial charge >= 0.3 is 5.97 Å². The topological polar surface area (TPSA) is 89.8 Å². The molecule has 7 nitrogen and oxygen atoms in total. The van der Waals surface area contributed by atoms with Crippen LogP contribution in [0.25, 0.3) is 4.96 Å². The summed E-state index contributed by atoms with van der Waals surface area (Å²) in [4.78, 5) is 41.6. The molecule has 1 N–H and O–H groups in total. The maximum Gasteiger partial charge on any atom is 0.338 e. The smallest absolute Gasteiger partial charge is 0.338 e. The number of hydrogen-bond acceptors (Lipinski definition) is 6. The number of esters is 1. The number of ether oxygens (including phenoxy) is 1. The third kappa shape index (κ3) is 3.97. The molecule has 134 valence electrons. The molecule has 0 saturated carbocycles. The van der Waals surface area contributed by atoms with Gasteiger partial charge in [-0.1, -0.05) is 13.0 Å². The normalized spacial score (nSPS) is 10.7. The number of carbonyl (C=O) groups excluding carboxylic acids is 2. The van der Waals surface area contributed by atoms with Gasteiger partial charge in [-0.05, 0) is 25.1 Å². The molecule has 0 spiro atoms. The summed E-state index contributed by atoms with van der Waals surface area (Å²) in [5.74, 6) is -0.693. The number of anilines is 1. The third-order valence-corrected chi connectivity index (χ3v) is 4.49. The second-order valence-corrected chi connectivity index (χ2v) is 6.85. The van der Waals surface area contributed by atoms with Gasteiger partial charge in [0.05, 0.1) is 11.3 Å². The molecule has 0 unspecified atom stereocenters. The summed E-state index contributed by atoms with van der Waals surface area (Å²) >= 11 is 1.39. The van der Waals surface area contributed by atoms with Crippen LogP contribution in [0.4, 0.5) is 5.69 Å². The molecule has 2 heterocycles. The Morgan fingerprint density at radius 3 is 2.88 bits per heavy atom. The van der Waals surface area contributed by atoms with E-state index in [0.29, 0.717) is 28.3 Å². The molecular weight excluding hydrogens is 354 g/mol. The van der Waals surface area contributed by atoms with E-state index < -0.39 is 5.97 Å². The number of amides is 1. The van der Waals surface area contributed by atoms with Gasteiger partial charge in [-0.15, -0.1) is 11.3 Å². The number of benzene rings is 1. The van der Waals surface area contributed by atoms with Crippen molar-refractivity contribution in [3.63, 3.8) is 0 Å². The Morgan fingerprint density at radius 2 is 2.12 bits per heavy atom. The average molecular weight is 371 g/mol. The van der Waals surface area contributed by atoms with Crippen molar-refractivity contribution in [2.24, 2.45) is 0 Å². The first-order valence-corrected chi connectivity index (χ1v) is 8.83.